The second kappa shape index (κ2) is 4.42. The van der Waals surface area contributed by atoms with E-state index in [2.05, 4.69) is 4.98 Å². The molecule has 2 aromatic rings. The molecule has 0 aromatic carbocycles. The van der Waals surface area contributed by atoms with E-state index in [1.807, 2.05) is 12.1 Å². The van der Waals surface area contributed by atoms with Crippen molar-refractivity contribution in [2.75, 3.05) is 0 Å². The van der Waals surface area contributed by atoms with Crippen molar-refractivity contribution in [2.24, 2.45) is 0 Å². The third-order valence-electron chi connectivity index (χ3n) is 2.75. The summed E-state index contributed by atoms with van der Waals surface area (Å²) in [5.74, 6) is 0.278. The molecule has 0 amide bonds. The molecule has 1 saturated carbocycles. The molecule has 1 fully saturated rings. The minimum atomic E-state index is -0.940. The van der Waals surface area contributed by atoms with Crippen LogP contribution in [-0.2, 0) is 4.79 Å². The fourth-order valence-corrected chi connectivity index (χ4v) is 2.79. The van der Waals surface area contributed by atoms with Crippen molar-refractivity contribution in [3.8, 4) is 10.8 Å². The molecule has 5 heteroatoms. The molecule has 0 unspecified atom stereocenters. The normalized spacial score (nSPS) is 15.3. The van der Waals surface area contributed by atoms with E-state index in [9.17, 15) is 4.79 Å². The molecule has 0 saturated heterocycles. The van der Waals surface area contributed by atoms with E-state index in [1.54, 1.807) is 12.3 Å². The van der Waals surface area contributed by atoms with E-state index in [0.717, 1.165) is 40.3 Å². The van der Waals surface area contributed by atoms with Gasteiger partial charge < -0.3 is 9.52 Å². The first kappa shape index (κ1) is 11.2. The Labute approximate surface area is 108 Å². The predicted octanol–water partition coefficient (Wildman–Crippen LogP) is 3.38. The van der Waals surface area contributed by atoms with Gasteiger partial charge in [-0.1, -0.05) is 0 Å². The maximum Gasteiger partial charge on any atom is 0.328 e. The number of rotatable bonds is 4. The fourth-order valence-electron chi connectivity index (χ4n) is 1.77. The largest absolute Gasteiger partial charge is 0.478 e. The molecule has 0 aliphatic heterocycles. The van der Waals surface area contributed by atoms with Gasteiger partial charge in [-0.05, 0) is 31.1 Å². The molecule has 18 heavy (non-hydrogen) atoms. The molecule has 1 N–H and O–H groups in total. The second-order valence-corrected chi connectivity index (χ2v) is 5.22. The number of carboxylic acids is 1. The van der Waals surface area contributed by atoms with E-state index in [1.165, 1.54) is 11.3 Å². The number of aromatic nitrogens is 1. The molecule has 1 aliphatic rings. The van der Waals surface area contributed by atoms with Gasteiger partial charge in [-0.25, -0.2) is 9.78 Å². The van der Waals surface area contributed by atoms with Crippen LogP contribution in [0, 0.1) is 0 Å². The Kier molecular flexibility index (Phi) is 2.76. The Morgan fingerprint density at radius 1 is 1.56 bits per heavy atom. The molecule has 0 atom stereocenters. The summed E-state index contributed by atoms with van der Waals surface area (Å²) in [6.07, 6.45) is 6.66. The van der Waals surface area contributed by atoms with Crippen LogP contribution >= 0.6 is 11.3 Å². The first-order valence-corrected chi connectivity index (χ1v) is 6.51. The lowest BCUT2D eigenvalue weighted by Crippen LogP contribution is -1.87. The monoisotopic (exact) mass is 261 g/mol. The highest BCUT2D eigenvalue weighted by atomic mass is 32.1. The smallest absolute Gasteiger partial charge is 0.328 e. The number of hydrogen-bond donors (Lipinski definition) is 1. The van der Waals surface area contributed by atoms with Gasteiger partial charge in [-0.2, -0.15) is 0 Å². The summed E-state index contributed by atoms with van der Waals surface area (Å²) >= 11 is 1.47. The molecule has 92 valence electrons. The van der Waals surface area contributed by atoms with Crippen molar-refractivity contribution in [1.82, 2.24) is 4.98 Å². The Morgan fingerprint density at radius 2 is 2.39 bits per heavy atom. The average Bonchev–Trinajstić information content (AvgIpc) is 2.91. The number of carboxylic acid groups (broad SMARTS) is 1. The van der Waals surface area contributed by atoms with Crippen LogP contribution in [0.2, 0.25) is 0 Å². The first-order valence-electron chi connectivity index (χ1n) is 5.69. The summed E-state index contributed by atoms with van der Waals surface area (Å²) in [6.45, 7) is 0. The molecular formula is C13H11NO3S. The summed E-state index contributed by atoms with van der Waals surface area (Å²) in [6, 6.07) is 3.68. The number of furan rings is 1. The maximum atomic E-state index is 10.6. The summed E-state index contributed by atoms with van der Waals surface area (Å²) in [5.41, 5.74) is 1.00. The van der Waals surface area contributed by atoms with Crippen LogP contribution < -0.4 is 0 Å². The lowest BCUT2D eigenvalue weighted by atomic mass is 10.2. The minimum Gasteiger partial charge on any atom is -0.478 e. The maximum absolute atomic E-state index is 10.6. The van der Waals surface area contributed by atoms with Crippen LogP contribution in [-0.4, -0.2) is 16.1 Å². The van der Waals surface area contributed by atoms with Gasteiger partial charge in [0.05, 0.1) is 16.8 Å². The Balaban J connectivity index is 1.98. The molecule has 0 radical (unpaired) electrons. The zero-order valence-corrected chi connectivity index (χ0v) is 10.3. The van der Waals surface area contributed by atoms with Crippen LogP contribution in [0.15, 0.2) is 28.9 Å². The van der Waals surface area contributed by atoms with Crippen molar-refractivity contribution < 1.29 is 14.3 Å². The number of hydrogen-bond acceptors (Lipinski definition) is 4. The molecule has 3 rings (SSSR count). The second-order valence-electron chi connectivity index (χ2n) is 4.19. The van der Waals surface area contributed by atoms with Crippen LogP contribution in [0.25, 0.3) is 16.8 Å². The van der Waals surface area contributed by atoms with Gasteiger partial charge in [0.2, 0.25) is 0 Å². The van der Waals surface area contributed by atoms with Crippen LogP contribution in [0.5, 0.6) is 0 Å². The number of carbonyl (C=O) groups is 1. The standard InChI is InChI=1S/C13H11NO3S/c15-11(16)6-5-10-12(8-3-4-8)14-13(18-10)9-2-1-7-17-9/h1-2,5-8H,3-4H2,(H,15,16)/b6-5+. The summed E-state index contributed by atoms with van der Waals surface area (Å²) in [5, 5.41) is 9.50. The third-order valence-corrected chi connectivity index (χ3v) is 3.81. The zero-order valence-electron chi connectivity index (χ0n) is 9.50. The van der Waals surface area contributed by atoms with Crippen LogP contribution in [0.4, 0.5) is 0 Å². The van der Waals surface area contributed by atoms with Gasteiger partial charge in [-0.15, -0.1) is 11.3 Å². The molecule has 4 nitrogen and oxygen atoms in total. The molecule has 1 aliphatic carbocycles. The fraction of sp³-hybridized carbons (Fsp3) is 0.231. The zero-order chi connectivity index (χ0) is 12.5. The number of thiazole rings is 1. The summed E-state index contributed by atoms with van der Waals surface area (Å²) in [7, 11) is 0. The highest BCUT2D eigenvalue weighted by molar-refractivity contribution is 7.16. The Bertz CT molecular complexity index is 594. The van der Waals surface area contributed by atoms with Gasteiger partial charge in [0.15, 0.2) is 10.8 Å². The highest BCUT2D eigenvalue weighted by Crippen LogP contribution is 2.44. The van der Waals surface area contributed by atoms with Crippen LogP contribution in [0.1, 0.15) is 29.3 Å². The van der Waals surface area contributed by atoms with Gasteiger partial charge in [0.25, 0.3) is 0 Å². The SMILES string of the molecule is O=C(O)/C=C/c1sc(-c2ccco2)nc1C1CC1. The van der Waals surface area contributed by atoms with Crippen molar-refractivity contribution in [1.29, 1.82) is 0 Å². The van der Waals surface area contributed by atoms with E-state index >= 15 is 0 Å². The number of aliphatic carboxylic acids is 1. The first-order chi connectivity index (χ1) is 8.74. The van der Waals surface area contributed by atoms with Crippen molar-refractivity contribution in [3.05, 3.63) is 35.0 Å². The van der Waals surface area contributed by atoms with E-state index in [-0.39, 0.29) is 0 Å². The van der Waals surface area contributed by atoms with Crippen molar-refractivity contribution in [2.45, 2.75) is 18.8 Å². The topological polar surface area (TPSA) is 63.3 Å². The Hall–Kier alpha value is -1.88. The third kappa shape index (κ3) is 2.22. The van der Waals surface area contributed by atoms with Gasteiger partial charge in [-0.3, -0.25) is 0 Å². The minimum absolute atomic E-state index is 0.485. The predicted molar refractivity (Wildman–Crippen MR) is 68.5 cm³/mol. The van der Waals surface area contributed by atoms with Crippen molar-refractivity contribution in [3.63, 3.8) is 0 Å². The molecule has 2 heterocycles. The van der Waals surface area contributed by atoms with Crippen LogP contribution in [0.3, 0.4) is 0 Å². The molecule has 2 aromatic heterocycles. The van der Waals surface area contributed by atoms with Gasteiger partial charge in [0.1, 0.15) is 0 Å². The van der Waals surface area contributed by atoms with E-state index in [4.69, 9.17) is 9.52 Å². The molecular weight excluding hydrogens is 250 g/mol. The highest BCUT2D eigenvalue weighted by Gasteiger charge is 2.29. The lowest BCUT2D eigenvalue weighted by molar-refractivity contribution is -0.131. The Morgan fingerprint density at radius 3 is 3.00 bits per heavy atom. The number of nitrogens with zero attached hydrogens (tertiary/aromatic N) is 1. The van der Waals surface area contributed by atoms with Crippen molar-refractivity contribution >= 4 is 23.4 Å². The quantitative estimate of drug-likeness (QED) is 0.857. The van der Waals surface area contributed by atoms with Gasteiger partial charge in [0, 0.05) is 12.0 Å². The van der Waals surface area contributed by atoms with E-state index in [0.29, 0.717) is 5.92 Å². The summed E-state index contributed by atoms with van der Waals surface area (Å²) in [4.78, 5) is 16.1. The average molecular weight is 261 g/mol. The molecule has 0 bridgehead atoms. The molecule has 0 spiro atoms. The lowest BCUT2D eigenvalue weighted by Gasteiger charge is -1.91. The van der Waals surface area contributed by atoms with E-state index < -0.39 is 5.97 Å². The summed E-state index contributed by atoms with van der Waals surface area (Å²) < 4.78 is 5.32. The van der Waals surface area contributed by atoms with Gasteiger partial charge >= 0.3 is 5.97 Å².